The molecule has 0 saturated heterocycles. The molecule has 0 bridgehead atoms. The molecule has 2 aromatic rings. The lowest BCUT2D eigenvalue weighted by atomic mass is 10.1. The molecule has 1 heterocycles. The third-order valence-corrected chi connectivity index (χ3v) is 3.33. The summed E-state index contributed by atoms with van der Waals surface area (Å²) in [4.78, 5) is 6.67. The number of rotatable bonds is 6. The second kappa shape index (κ2) is 7.06. The van der Waals surface area contributed by atoms with Crippen LogP contribution in [0.4, 0.5) is 11.5 Å². The molecule has 0 spiro atoms. The van der Waals surface area contributed by atoms with Crippen molar-refractivity contribution < 1.29 is 5.11 Å². The van der Waals surface area contributed by atoms with Crippen molar-refractivity contribution in [1.82, 2.24) is 4.98 Å². The first-order chi connectivity index (χ1) is 9.72. The fourth-order valence-electron chi connectivity index (χ4n) is 2.14. The van der Waals surface area contributed by atoms with Gasteiger partial charge in [-0.25, -0.2) is 4.98 Å². The molecule has 20 heavy (non-hydrogen) atoms. The molecule has 2 rings (SSSR count). The summed E-state index contributed by atoms with van der Waals surface area (Å²) in [7, 11) is 0. The molecule has 0 amide bonds. The average molecular weight is 270 g/mol. The third-order valence-electron chi connectivity index (χ3n) is 3.33. The van der Waals surface area contributed by atoms with Crippen molar-refractivity contribution in [2.45, 2.75) is 32.8 Å². The second-order valence-electron chi connectivity index (χ2n) is 4.96. The summed E-state index contributed by atoms with van der Waals surface area (Å²) in [6.07, 6.45) is 3.54. The maximum Gasteiger partial charge on any atom is 0.133 e. The Bertz CT molecular complexity index is 526. The smallest absolute Gasteiger partial charge is 0.133 e. The monoisotopic (exact) mass is 270 g/mol. The highest BCUT2D eigenvalue weighted by Gasteiger charge is 2.11. The van der Waals surface area contributed by atoms with Crippen molar-refractivity contribution in [2.75, 3.05) is 11.4 Å². The van der Waals surface area contributed by atoms with Crippen molar-refractivity contribution in [2.24, 2.45) is 0 Å². The van der Waals surface area contributed by atoms with Crippen LogP contribution < -0.4 is 4.90 Å². The molecule has 0 fully saturated rings. The minimum Gasteiger partial charge on any atom is -0.389 e. The summed E-state index contributed by atoms with van der Waals surface area (Å²) in [6.45, 7) is 4.89. The van der Waals surface area contributed by atoms with Crippen LogP contribution in [0.5, 0.6) is 0 Å². The Labute approximate surface area is 120 Å². The number of nitrogens with zero attached hydrogens (tertiary/aromatic N) is 2. The molecule has 0 radical (unpaired) electrons. The average Bonchev–Trinajstić information content (AvgIpc) is 2.49. The van der Waals surface area contributed by atoms with Crippen LogP contribution in [0.25, 0.3) is 0 Å². The van der Waals surface area contributed by atoms with Gasteiger partial charge in [0.15, 0.2) is 0 Å². The van der Waals surface area contributed by atoms with Gasteiger partial charge >= 0.3 is 0 Å². The van der Waals surface area contributed by atoms with E-state index in [1.807, 2.05) is 30.3 Å². The van der Waals surface area contributed by atoms with Gasteiger partial charge in [0.25, 0.3) is 0 Å². The van der Waals surface area contributed by atoms with E-state index in [1.54, 1.807) is 13.1 Å². The van der Waals surface area contributed by atoms with Gasteiger partial charge in [-0.3, -0.25) is 0 Å². The largest absolute Gasteiger partial charge is 0.389 e. The standard InChI is InChI=1S/C17H22N2O/c1-3-4-12-19(16-8-6-5-7-9-16)17-13-15(14(2)20)10-11-18-17/h5-11,13-14,20H,3-4,12H2,1-2H3/t14-/m0/s1. The summed E-state index contributed by atoms with van der Waals surface area (Å²) in [6, 6.07) is 14.1. The first kappa shape index (κ1) is 14.5. The number of benzene rings is 1. The van der Waals surface area contributed by atoms with E-state index in [9.17, 15) is 5.11 Å². The van der Waals surface area contributed by atoms with E-state index in [4.69, 9.17) is 0 Å². The van der Waals surface area contributed by atoms with Crippen LogP contribution >= 0.6 is 0 Å². The lowest BCUT2D eigenvalue weighted by molar-refractivity contribution is 0.199. The highest BCUT2D eigenvalue weighted by atomic mass is 16.3. The maximum absolute atomic E-state index is 9.73. The SMILES string of the molecule is CCCCN(c1ccccc1)c1cc([C@H](C)O)ccn1. The molecule has 0 aliphatic heterocycles. The van der Waals surface area contributed by atoms with E-state index in [1.165, 1.54) is 0 Å². The zero-order valence-electron chi connectivity index (χ0n) is 12.2. The molecule has 1 N–H and O–H groups in total. The first-order valence-corrected chi connectivity index (χ1v) is 7.19. The minimum absolute atomic E-state index is 0.472. The Morgan fingerprint density at radius 2 is 1.95 bits per heavy atom. The molecule has 1 aromatic heterocycles. The van der Waals surface area contributed by atoms with Crippen LogP contribution in [0.1, 0.15) is 38.4 Å². The van der Waals surface area contributed by atoms with Crippen LogP contribution in [-0.4, -0.2) is 16.6 Å². The molecule has 106 valence electrons. The number of aliphatic hydroxyl groups is 1. The Morgan fingerprint density at radius 1 is 1.20 bits per heavy atom. The molecule has 3 heteroatoms. The van der Waals surface area contributed by atoms with Gasteiger partial charge < -0.3 is 10.0 Å². The lowest BCUT2D eigenvalue weighted by Crippen LogP contribution is -2.19. The maximum atomic E-state index is 9.73. The van der Waals surface area contributed by atoms with Gasteiger partial charge in [0.05, 0.1) is 6.10 Å². The Hall–Kier alpha value is -1.87. The second-order valence-corrected chi connectivity index (χ2v) is 4.96. The molecular weight excluding hydrogens is 248 g/mol. The van der Waals surface area contributed by atoms with E-state index in [-0.39, 0.29) is 0 Å². The molecule has 1 aromatic carbocycles. The predicted molar refractivity (Wildman–Crippen MR) is 83.2 cm³/mol. The third kappa shape index (κ3) is 3.58. The molecule has 0 aliphatic rings. The zero-order valence-corrected chi connectivity index (χ0v) is 12.2. The Balaban J connectivity index is 2.33. The molecule has 0 saturated carbocycles. The number of para-hydroxylation sites is 1. The van der Waals surface area contributed by atoms with Crippen molar-refractivity contribution in [3.63, 3.8) is 0 Å². The Kier molecular flexibility index (Phi) is 5.13. The summed E-state index contributed by atoms with van der Waals surface area (Å²) in [5.41, 5.74) is 2.03. The van der Waals surface area contributed by atoms with E-state index in [0.29, 0.717) is 0 Å². The normalized spacial score (nSPS) is 12.2. The van der Waals surface area contributed by atoms with Gasteiger partial charge in [-0.15, -0.1) is 0 Å². The molecule has 0 unspecified atom stereocenters. The first-order valence-electron chi connectivity index (χ1n) is 7.19. The molecular formula is C17H22N2O. The minimum atomic E-state index is -0.472. The van der Waals surface area contributed by atoms with Crippen molar-refractivity contribution in [3.05, 3.63) is 54.2 Å². The van der Waals surface area contributed by atoms with Gasteiger partial charge in [0.2, 0.25) is 0 Å². The topological polar surface area (TPSA) is 36.4 Å². The molecule has 0 aliphatic carbocycles. The molecule has 1 atom stereocenters. The van der Waals surface area contributed by atoms with E-state index < -0.39 is 6.10 Å². The van der Waals surface area contributed by atoms with E-state index >= 15 is 0 Å². The predicted octanol–water partition coefficient (Wildman–Crippen LogP) is 4.07. The van der Waals surface area contributed by atoms with Gasteiger partial charge in [-0.05, 0) is 43.2 Å². The number of pyridine rings is 1. The fourth-order valence-corrected chi connectivity index (χ4v) is 2.14. The zero-order chi connectivity index (χ0) is 14.4. The quantitative estimate of drug-likeness (QED) is 0.859. The number of aromatic nitrogens is 1. The number of hydrogen-bond donors (Lipinski definition) is 1. The lowest BCUT2D eigenvalue weighted by Gasteiger charge is -2.24. The van der Waals surface area contributed by atoms with Crippen LogP contribution in [-0.2, 0) is 0 Å². The summed E-state index contributed by atoms with van der Waals surface area (Å²) < 4.78 is 0. The summed E-state index contributed by atoms with van der Waals surface area (Å²) in [5.74, 6) is 0.892. The van der Waals surface area contributed by atoms with Crippen LogP contribution in [0.15, 0.2) is 48.7 Å². The van der Waals surface area contributed by atoms with Gasteiger partial charge in [-0.1, -0.05) is 31.5 Å². The van der Waals surface area contributed by atoms with Crippen LogP contribution in [0, 0.1) is 0 Å². The van der Waals surface area contributed by atoms with E-state index in [0.717, 1.165) is 36.5 Å². The highest BCUT2D eigenvalue weighted by molar-refractivity contribution is 5.60. The van der Waals surface area contributed by atoms with Crippen molar-refractivity contribution in [1.29, 1.82) is 0 Å². The summed E-state index contributed by atoms with van der Waals surface area (Å²) in [5, 5.41) is 9.73. The van der Waals surface area contributed by atoms with Gasteiger partial charge in [0.1, 0.15) is 5.82 Å². The number of hydrogen-bond acceptors (Lipinski definition) is 3. The molecule has 3 nitrogen and oxygen atoms in total. The van der Waals surface area contributed by atoms with Crippen LogP contribution in [0.2, 0.25) is 0 Å². The number of anilines is 2. The van der Waals surface area contributed by atoms with E-state index in [2.05, 4.69) is 28.9 Å². The van der Waals surface area contributed by atoms with Crippen molar-refractivity contribution >= 4 is 11.5 Å². The number of unbranched alkanes of at least 4 members (excludes halogenated alkanes) is 1. The fraction of sp³-hybridized carbons (Fsp3) is 0.353. The number of aliphatic hydroxyl groups excluding tert-OH is 1. The highest BCUT2D eigenvalue weighted by Crippen LogP contribution is 2.26. The van der Waals surface area contributed by atoms with Crippen molar-refractivity contribution in [3.8, 4) is 0 Å². The Morgan fingerprint density at radius 3 is 2.60 bits per heavy atom. The summed E-state index contributed by atoms with van der Waals surface area (Å²) >= 11 is 0. The van der Waals surface area contributed by atoms with Crippen LogP contribution in [0.3, 0.4) is 0 Å². The van der Waals surface area contributed by atoms with Gasteiger partial charge in [-0.2, -0.15) is 0 Å². The van der Waals surface area contributed by atoms with Gasteiger partial charge in [0, 0.05) is 18.4 Å².